The van der Waals surface area contributed by atoms with Gasteiger partial charge in [-0.25, -0.2) is 4.98 Å². The van der Waals surface area contributed by atoms with Crippen LogP contribution in [0.1, 0.15) is 42.0 Å². The van der Waals surface area contributed by atoms with Crippen LogP contribution in [0.5, 0.6) is 0 Å². The van der Waals surface area contributed by atoms with Crippen molar-refractivity contribution >= 4 is 17.6 Å². The summed E-state index contributed by atoms with van der Waals surface area (Å²) < 4.78 is 35.6. The first-order chi connectivity index (χ1) is 8.51. The smallest absolute Gasteiger partial charge is 0.303 e. The van der Waals surface area contributed by atoms with Gasteiger partial charge in [0, 0.05) is 17.5 Å². The molecule has 1 rings (SSSR count). The van der Waals surface area contributed by atoms with Crippen molar-refractivity contribution in [2.24, 2.45) is 0 Å². The molecule has 0 fully saturated rings. The predicted molar refractivity (Wildman–Crippen MR) is 64.7 cm³/mol. The molecule has 0 bridgehead atoms. The van der Waals surface area contributed by atoms with E-state index in [0.29, 0.717) is 12.8 Å². The number of carbonyl (C=O) groups excluding carboxylic acids is 1. The van der Waals surface area contributed by atoms with Gasteiger partial charge in [-0.2, -0.15) is 13.2 Å². The van der Waals surface area contributed by atoms with Crippen LogP contribution in [0.15, 0.2) is 6.20 Å². The molecule has 1 aromatic heterocycles. The number of hydrogen-bond donors (Lipinski definition) is 0. The highest BCUT2D eigenvalue weighted by Gasteiger charge is 2.25. The molecule has 0 saturated heterocycles. The van der Waals surface area contributed by atoms with Crippen molar-refractivity contribution in [3.63, 3.8) is 0 Å². The maximum Gasteiger partial charge on any atom is 0.389 e. The number of aromatic nitrogens is 1. The Morgan fingerprint density at radius 3 is 2.61 bits per heavy atom. The van der Waals surface area contributed by atoms with Gasteiger partial charge in [-0.05, 0) is 19.3 Å². The topological polar surface area (TPSA) is 30.0 Å². The maximum atomic E-state index is 11.9. The summed E-state index contributed by atoms with van der Waals surface area (Å²) in [6.45, 7) is 0. The van der Waals surface area contributed by atoms with Crippen molar-refractivity contribution in [1.82, 2.24) is 4.98 Å². The van der Waals surface area contributed by atoms with Crippen molar-refractivity contribution in [2.45, 2.75) is 51.1 Å². The average molecular weight is 279 g/mol. The minimum Gasteiger partial charge on any atom is -0.303 e. The molecule has 0 spiro atoms. The molecule has 1 heterocycles. The molecule has 0 saturated carbocycles. The lowest BCUT2D eigenvalue weighted by Crippen LogP contribution is -2.06. The normalized spacial score (nSPS) is 11.7. The zero-order chi connectivity index (χ0) is 13.4. The van der Waals surface area contributed by atoms with Crippen LogP contribution in [0.3, 0.4) is 0 Å². The summed E-state index contributed by atoms with van der Waals surface area (Å²) in [5.74, 6) is 0. The molecule has 0 radical (unpaired) electrons. The Morgan fingerprint density at radius 2 is 1.94 bits per heavy atom. The Bertz CT molecular complexity index is 362. The number of aldehydes is 1. The number of alkyl halides is 3. The molecular weight excluding hydrogens is 263 g/mol. The van der Waals surface area contributed by atoms with Crippen molar-refractivity contribution < 1.29 is 18.0 Å². The molecule has 0 aromatic carbocycles. The fraction of sp³-hybridized carbons (Fsp3) is 0.667. The van der Waals surface area contributed by atoms with Crippen molar-refractivity contribution in [3.05, 3.63) is 16.1 Å². The third-order valence-electron chi connectivity index (χ3n) is 2.49. The van der Waals surface area contributed by atoms with Gasteiger partial charge in [0.05, 0.1) is 11.4 Å². The molecule has 0 aliphatic rings. The highest BCUT2D eigenvalue weighted by Crippen LogP contribution is 2.23. The van der Waals surface area contributed by atoms with E-state index in [4.69, 9.17) is 0 Å². The molecular formula is C12H16F3NOS. The summed E-state index contributed by atoms with van der Waals surface area (Å²) in [7, 11) is 0. The summed E-state index contributed by atoms with van der Waals surface area (Å²) >= 11 is 1.50. The van der Waals surface area contributed by atoms with Crippen LogP contribution in [-0.2, 0) is 17.6 Å². The first kappa shape index (κ1) is 15.1. The van der Waals surface area contributed by atoms with E-state index in [-0.39, 0.29) is 6.42 Å². The van der Waals surface area contributed by atoms with Crippen LogP contribution >= 0.6 is 11.3 Å². The van der Waals surface area contributed by atoms with Gasteiger partial charge in [0.25, 0.3) is 0 Å². The van der Waals surface area contributed by atoms with Gasteiger partial charge >= 0.3 is 6.18 Å². The minimum atomic E-state index is -4.03. The van der Waals surface area contributed by atoms with Crippen molar-refractivity contribution in [2.75, 3.05) is 0 Å². The summed E-state index contributed by atoms with van der Waals surface area (Å²) in [5, 5.41) is 0.803. The number of hydrogen-bond acceptors (Lipinski definition) is 3. The Balaban J connectivity index is 2.08. The first-order valence-electron chi connectivity index (χ1n) is 5.95. The van der Waals surface area contributed by atoms with Gasteiger partial charge in [0.2, 0.25) is 0 Å². The van der Waals surface area contributed by atoms with E-state index in [1.807, 2.05) is 0 Å². The van der Waals surface area contributed by atoms with E-state index in [9.17, 15) is 18.0 Å². The number of thiazole rings is 1. The zero-order valence-corrected chi connectivity index (χ0v) is 10.8. The molecule has 102 valence electrons. The molecule has 1 aromatic rings. The van der Waals surface area contributed by atoms with Crippen LogP contribution in [0, 0.1) is 0 Å². The number of halogens is 3. The Hall–Kier alpha value is -0.910. The average Bonchev–Trinajstić information content (AvgIpc) is 2.70. The lowest BCUT2D eigenvalue weighted by Gasteiger charge is -2.05. The van der Waals surface area contributed by atoms with Crippen LogP contribution < -0.4 is 0 Å². The van der Waals surface area contributed by atoms with Crippen LogP contribution in [-0.4, -0.2) is 17.4 Å². The second-order valence-electron chi connectivity index (χ2n) is 4.12. The number of aryl methyl sites for hydroxylation is 1. The van der Waals surface area contributed by atoms with E-state index < -0.39 is 12.6 Å². The van der Waals surface area contributed by atoms with Gasteiger partial charge in [-0.15, -0.1) is 11.3 Å². The molecule has 18 heavy (non-hydrogen) atoms. The summed E-state index contributed by atoms with van der Waals surface area (Å²) in [4.78, 5) is 15.5. The van der Waals surface area contributed by atoms with Gasteiger partial charge in [-0.3, -0.25) is 0 Å². The number of unbranched alkanes of at least 4 members (excludes halogenated alkanes) is 3. The highest BCUT2D eigenvalue weighted by atomic mass is 32.1. The fourth-order valence-corrected chi connectivity index (χ4v) is 2.52. The van der Waals surface area contributed by atoms with Gasteiger partial charge in [0.15, 0.2) is 0 Å². The SMILES string of the molecule is O=CCc1ncc(CCCCCCC(F)(F)F)s1. The second kappa shape index (κ2) is 7.51. The number of nitrogens with zero attached hydrogens (tertiary/aromatic N) is 1. The molecule has 6 heteroatoms. The van der Waals surface area contributed by atoms with Gasteiger partial charge in [0.1, 0.15) is 6.29 Å². The van der Waals surface area contributed by atoms with Crippen LogP contribution in [0.25, 0.3) is 0 Å². The maximum absolute atomic E-state index is 11.9. The molecule has 0 N–H and O–H groups in total. The van der Waals surface area contributed by atoms with Crippen molar-refractivity contribution in [1.29, 1.82) is 0 Å². The highest BCUT2D eigenvalue weighted by molar-refractivity contribution is 7.11. The largest absolute Gasteiger partial charge is 0.389 e. The van der Waals surface area contributed by atoms with Crippen LogP contribution in [0.2, 0.25) is 0 Å². The zero-order valence-electron chi connectivity index (χ0n) is 10.0. The first-order valence-corrected chi connectivity index (χ1v) is 6.77. The van der Waals surface area contributed by atoms with E-state index in [1.54, 1.807) is 6.20 Å². The van der Waals surface area contributed by atoms with E-state index in [1.165, 1.54) is 11.3 Å². The van der Waals surface area contributed by atoms with Gasteiger partial charge < -0.3 is 4.79 Å². The summed E-state index contributed by atoms with van der Waals surface area (Å²) in [6.07, 6.45) is 1.54. The Kier molecular flexibility index (Phi) is 6.32. The lowest BCUT2D eigenvalue weighted by atomic mass is 10.1. The second-order valence-corrected chi connectivity index (χ2v) is 5.32. The van der Waals surface area contributed by atoms with Crippen molar-refractivity contribution in [3.8, 4) is 0 Å². The quantitative estimate of drug-likeness (QED) is 0.533. The Labute approximate surface area is 108 Å². The molecule has 2 nitrogen and oxygen atoms in total. The number of carbonyl (C=O) groups is 1. The van der Waals surface area contributed by atoms with Gasteiger partial charge in [-0.1, -0.05) is 12.8 Å². The summed E-state index contributed by atoms with van der Waals surface area (Å²) in [5.41, 5.74) is 0. The number of rotatable bonds is 8. The van der Waals surface area contributed by atoms with Crippen LogP contribution in [0.4, 0.5) is 13.2 Å². The third-order valence-corrected chi connectivity index (χ3v) is 3.57. The molecule has 0 aliphatic heterocycles. The fourth-order valence-electron chi connectivity index (χ4n) is 1.61. The molecule has 0 unspecified atom stereocenters. The molecule has 0 atom stereocenters. The predicted octanol–water partition coefficient (Wildman–Crippen LogP) is 3.94. The Morgan fingerprint density at radius 1 is 1.22 bits per heavy atom. The lowest BCUT2D eigenvalue weighted by molar-refractivity contribution is -0.135. The monoisotopic (exact) mass is 279 g/mol. The third kappa shape index (κ3) is 6.74. The van der Waals surface area contributed by atoms with E-state index in [0.717, 1.165) is 35.4 Å². The molecule has 0 amide bonds. The summed E-state index contributed by atoms with van der Waals surface area (Å²) in [6, 6.07) is 0. The molecule has 0 aliphatic carbocycles. The van der Waals surface area contributed by atoms with E-state index in [2.05, 4.69) is 4.98 Å². The van der Waals surface area contributed by atoms with E-state index >= 15 is 0 Å². The minimum absolute atomic E-state index is 0.211. The standard InChI is InChI=1S/C12H16F3NOS/c13-12(14,15)7-4-2-1-3-5-10-9-16-11(18-10)6-8-17/h8-9H,1-7H2.